The van der Waals surface area contributed by atoms with Crippen LogP contribution in [-0.4, -0.2) is 11.3 Å². The lowest BCUT2D eigenvalue weighted by Gasteiger charge is -2.28. The molecule has 0 spiro atoms. The second kappa shape index (κ2) is 5.74. The second-order valence-electron chi connectivity index (χ2n) is 4.88. The molecule has 2 aromatic carbocycles. The lowest BCUT2D eigenvalue weighted by atomic mass is 9.91. The zero-order valence-electron chi connectivity index (χ0n) is 11.4. The number of hydrogen-bond donors (Lipinski definition) is 1. The van der Waals surface area contributed by atoms with Crippen LogP contribution < -0.4 is 0 Å². The van der Waals surface area contributed by atoms with Crippen LogP contribution in [0.4, 0.5) is 13.2 Å². The molecule has 1 N–H and O–H groups in total. The highest BCUT2D eigenvalue weighted by atomic mass is 19.4. The monoisotopic (exact) mass is 292 g/mol. The van der Waals surface area contributed by atoms with Gasteiger partial charge in [-0.1, -0.05) is 66.2 Å². The van der Waals surface area contributed by atoms with E-state index in [-0.39, 0.29) is 5.56 Å². The number of aryl methyl sites for hydroxylation is 1. The molecule has 0 heterocycles. The molecule has 0 aliphatic heterocycles. The summed E-state index contributed by atoms with van der Waals surface area (Å²) in [4.78, 5) is 0. The third-order valence-corrected chi connectivity index (χ3v) is 3.21. The second-order valence-corrected chi connectivity index (χ2v) is 4.88. The first-order valence-electron chi connectivity index (χ1n) is 6.43. The van der Waals surface area contributed by atoms with Crippen LogP contribution in [0.25, 0.3) is 6.08 Å². The van der Waals surface area contributed by atoms with Crippen LogP contribution in [-0.2, 0) is 5.60 Å². The molecule has 1 nitrogen and oxygen atoms in total. The summed E-state index contributed by atoms with van der Waals surface area (Å²) in [6.07, 6.45) is -2.74. The first-order chi connectivity index (χ1) is 9.83. The van der Waals surface area contributed by atoms with Crippen molar-refractivity contribution in [3.05, 3.63) is 77.4 Å². The molecule has 0 saturated heterocycles. The summed E-state index contributed by atoms with van der Waals surface area (Å²) < 4.78 is 40.0. The summed E-state index contributed by atoms with van der Waals surface area (Å²) in [7, 11) is 0. The van der Waals surface area contributed by atoms with Gasteiger partial charge in [-0.05, 0) is 24.1 Å². The predicted octanol–water partition coefficient (Wildman–Crippen LogP) is 4.46. The van der Waals surface area contributed by atoms with Crippen molar-refractivity contribution >= 4 is 6.08 Å². The van der Waals surface area contributed by atoms with Gasteiger partial charge in [0.05, 0.1) is 0 Å². The molecule has 0 radical (unpaired) electrons. The van der Waals surface area contributed by atoms with Crippen molar-refractivity contribution in [2.75, 3.05) is 0 Å². The van der Waals surface area contributed by atoms with E-state index in [1.54, 1.807) is 43.3 Å². The number of benzene rings is 2. The van der Waals surface area contributed by atoms with Crippen molar-refractivity contribution in [3.63, 3.8) is 0 Å². The smallest absolute Gasteiger partial charge is 0.373 e. The fraction of sp³-hybridized carbons (Fsp3) is 0.176. The van der Waals surface area contributed by atoms with Crippen molar-refractivity contribution in [2.24, 2.45) is 0 Å². The Kier molecular flexibility index (Phi) is 4.19. The van der Waals surface area contributed by atoms with E-state index >= 15 is 0 Å². The van der Waals surface area contributed by atoms with E-state index in [2.05, 4.69) is 0 Å². The van der Waals surface area contributed by atoms with Gasteiger partial charge in [0.1, 0.15) is 0 Å². The summed E-state index contributed by atoms with van der Waals surface area (Å²) in [6, 6.07) is 14.3. The van der Waals surface area contributed by atoms with Gasteiger partial charge in [-0.15, -0.1) is 0 Å². The molecule has 0 aliphatic rings. The van der Waals surface area contributed by atoms with Gasteiger partial charge in [0, 0.05) is 0 Å². The zero-order valence-corrected chi connectivity index (χ0v) is 11.4. The molecule has 0 aromatic heterocycles. The van der Waals surface area contributed by atoms with E-state index in [0.29, 0.717) is 11.1 Å². The number of alkyl halides is 3. The summed E-state index contributed by atoms with van der Waals surface area (Å²) in [6.45, 7) is 1.68. The predicted molar refractivity (Wildman–Crippen MR) is 76.6 cm³/mol. The number of halogens is 3. The van der Waals surface area contributed by atoms with E-state index in [0.717, 1.165) is 6.08 Å². The number of hydrogen-bond acceptors (Lipinski definition) is 1. The lowest BCUT2D eigenvalue weighted by Crippen LogP contribution is -2.40. The van der Waals surface area contributed by atoms with Gasteiger partial charge in [0.2, 0.25) is 5.60 Å². The van der Waals surface area contributed by atoms with Gasteiger partial charge in [0.25, 0.3) is 0 Å². The summed E-state index contributed by atoms with van der Waals surface area (Å²) in [5, 5.41) is 10.2. The van der Waals surface area contributed by atoms with Crippen LogP contribution >= 0.6 is 0 Å². The van der Waals surface area contributed by atoms with E-state index in [4.69, 9.17) is 0 Å². The number of aliphatic hydroxyl groups is 1. The number of rotatable bonds is 3. The Balaban J connectivity index is 2.46. The molecule has 0 fully saturated rings. The van der Waals surface area contributed by atoms with Gasteiger partial charge >= 0.3 is 6.18 Å². The Morgan fingerprint density at radius 1 is 0.952 bits per heavy atom. The van der Waals surface area contributed by atoms with Gasteiger partial charge in [0.15, 0.2) is 0 Å². The molecule has 4 heteroatoms. The maximum atomic E-state index is 13.3. The highest BCUT2D eigenvalue weighted by Crippen LogP contribution is 2.40. The molecule has 21 heavy (non-hydrogen) atoms. The first-order valence-corrected chi connectivity index (χ1v) is 6.43. The van der Waals surface area contributed by atoms with E-state index in [1.165, 1.54) is 24.3 Å². The van der Waals surface area contributed by atoms with Crippen molar-refractivity contribution in [1.29, 1.82) is 0 Å². The van der Waals surface area contributed by atoms with Crippen LogP contribution in [0.1, 0.15) is 16.7 Å². The molecule has 0 bridgehead atoms. The molecule has 0 saturated carbocycles. The Hall–Kier alpha value is -2.07. The fourth-order valence-corrected chi connectivity index (χ4v) is 2.02. The zero-order chi connectivity index (χ0) is 15.5. The lowest BCUT2D eigenvalue weighted by molar-refractivity contribution is -0.244. The highest BCUT2D eigenvalue weighted by Gasteiger charge is 2.53. The fourth-order valence-electron chi connectivity index (χ4n) is 2.02. The SMILES string of the molecule is Cc1cccc(C(O)(C=Cc2ccccc2)C(F)(F)F)c1. The largest absolute Gasteiger partial charge is 0.425 e. The third-order valence-electron chi connectivity index (χ3n) is 3.21. The molecule has 1 atom stereocenters. The van der Waals surface area contributed by atoms with Gasteiger partial charge in [-0.2, -0.15) is 13.2 Å². The van der Waals surface area contributed by atoms with Crippen molar-refractivity contribution in [2.45, 2.75) is 18.7 Å². The maximum Gasteiger partial charge on any atom is 0.425 e. The van der Waals surface area contributed by atoms with Crippen LogP contribution in [0, 0.1) is 6.92 Å². The standard InChI is InChI=1S/C17H15F3O/c1-13-6-5-9-15(12-13)16(21,17(18,19)20)11-10-14-7-3-2-4-8-14/h2-12,21H,1H3. The van der Waals surface area contributed by atoms with Crippen molar-refractivity contribution in [3.8, 4) is 0 Å². The average molecular weight is 292 g/mol. The van der Waals surface area contributed by atoms with Crippen LogP contribution in [0.5, 0.6) is 0 Å². The molecule has 0 aliphatic carbocycles. The minimum atomic E-state index is -4.80. The molecule has 110 valence electrons. The highest BCUT2D eigenvalue weighted by molar-refractivity contribution is 5.52. The molecule has 1 unspecified atom stereocenters. The van der Waals surface area contributed by atoms with Crippen LogP contribution in [0.15, 0.2) is 60.7 Å². The Morgan fingerprint density at radius 2 is 1.62 bits per heavy atom. The maximum absolute atomic E-state index is 13.3. The Bertz CT molecular complexity index is 632. The third kappa shape index (κ3) is 3.34. The van der Waals surface area contributed by atoms with Crippen molar-refractivity contribution < 1.29 is 18.3 Å². The Morgan fingerprint density at radius 3 is 2.19 bits per heavy atom. The quantitative estimate of drug-likeness (QED) is 0.885. The normalized spacial score (nSPS) is 15.1. The van der Waals surface area contributed by atoms with Crippen LogP contribution in [0.3, 0.4) is 0 Å². The van der Waals surface area contributed by atoms with E-state index in [9.17, 15) is 18.3 Å². The van der Waals surface area contributed by atoms with Gasteiger partial charge in [-0.3, -0.25) is 0 Å². The summed E-state index contributed by atoms with van der Waals surface area (Å²) >= 11 is 0. The van der Waals surface area contributed by atoms with Crippen molar-refractivity contribution in [1.82, 2.24) is 0 Å². The van der Waals surface area contributed by atoms with Crippen LogP contribution in [0.2, 0.25) is 0 Å². The summed E-state index contributed by atoms with van der Waals surface area (Å²) in [5.74, 6) is 0. The average Bonchev–Trinajstić information content (AvgIpc) is 2.44. The molecule has 0 amide bonds. The minimum Gasteiger partial charge on any atom is -0.373 e. The first kappa shape index (κ1) is 15.3. The van der Waals surface area contributed by atoms with Gasteiger partial charge < -0.3 is 5.11 Å². The molecule has 2 aromatic rings. The van der Waals surface area contributed by atoms with Gasteiger partial charge in [-0.25, -0.2) is 0 Å². The van der Waals surface area contributed by atoms with E-state index in [1.807, 2.05) is 0 Å². The minimum absolute atomic E-state index is 0.192. The molecule has 2 rings (SSSR count). The molecular weight excluding hydrogens is 277 g/mol. The Labute approximate surface area is 121 Å². The topological polar surface area (TPSA) is 20.2 Å². The molecular formula is C17H15F3O. The van der Waals surface area contributed by atoms with E-state index < -0.39 is 11.8 Å². The summed E-state index contributed by atoms with van der Waals surface area (Å²) in [5.41, 5.74) is -1.95.